The molecule has 0 fully saturated rings. The minimum absolute atomic E-state index is 0. The Balaban J connectivity index is 0.00000272. The molecule has 0 saturated heterocycles. The zero-order valence-electron chi connectivity index (χ0n) is 15.8. The first-order chi connectivity index (χ1) is 14.4. The number of nitriles is 1. The lowest BCUT2D eigenvalue weighted by Crippen LogP contribution is -2.03. The topological polar surface area (TPSA) is 113 Å². The molecule has 31 heavy (non-hydrogen) atoms. The van der Waals surface area contributed by atoms with E-state index in [1.54, 1.807) is 13.0 Å². The van der Waals surface area contributed by atoms with Crippen LogP contribution < -0.4 is 5.32 Å². The number of hydrogen-bond acceptors (Lipinski definition) is 7. The van der Waals surface area contributed by atoms with Gasteiger partial charge in [-0.15, -0.1) is 12.4 Å². The third-order valence-electron chi connectivity index (χ3n) is 4.17. The average molecular weight is 464 g/mol. The van der Waals surface area contributed by atoms with E-state index in [4.69, 9.17) is 11.6 Å². The second kappa shape index (κ2) is 8.77. The lowest BCUT2D eigenvalue weighted by atomic mass is 10.2. The molecule has 158 valence electrons. The van der Waals surface area contributed by atoms with Gasteiger partial charge in [0.15, 0.2) is 11.6 Å². The van der Waals surface area contributed by atoms with Crippen LogP contribution in [-0.2, 0) is 6.61 Å². The van der Waals surface area contributed by atoms with Gasteiger partial charge in [0, 0.05) is 18.0 Å². The maximum absolute atomic E-state index is 14.4. The largest absolute Gasteiger partial charge is 0.388 e. The summed E-state index contributed by atoms with van der Waals surface area (Å²) in [6.45, 7) is 1.39. The Hall–Kier alpha value is -3.39. The summed E-state index contributed by atoms with van der Waals surface area (Å²) < 4.78 is 29.2. The Morgan fingerprint density at radius 1 is 1.26 bits per heavy atom. The number of anilines is 2. The van der Waals surface area contributed by atoms with Crippen molar-refractivity contribution in [3.63, 3.8) is 0 Å². The third-order valence-corrected chi connectivity index (χ3v) is 4.46. The minimum atomic E-state index is -0.694. The second-order valence-corrected chi connectivity index (χ2v) is 6.69. The summed E-state index contributed by atoms with van der Waals surface area (Å²) in [7, 11) is 0. The van der Waals surface area contributed by atoms with E-state index in [9.17, 15) is 19.1 Å². The molecule has 1 aromatic carbocycles. The number of halogens is 4. The van der Waals surface area contributed by atoms with E-state index in [0.29, 0.717) is 11.5 Å². The average Bonchev–Trinajstić information content (AvgIpc) is 3.15. The van der Waals surface area contributed by atoms with Gasteiger partial charge in [-0.3, -0.25) is 0 Å². The van der Waals surface area contributed by atoms with Crippen LogP contribution in [0.3, 0.4) is 0 Å². The highest BCUT2D eigenvalue weighted by molar-refractivity contribution is 6.32. The van der Waals surface area contributed by atoms with Crippen molar-refractivity contribution < 1.29 is 13.9 Å². The molecular formula is C19H13Cl2F2N7O. The molecule has 0 spiro atoms. The first-order valence-corrected chi connectivity index (χ1v) is 8.93. The fourth-order valence-corrected chi connectivity index (χ4v) is 3.25. The maximum atomic E-state index is 14.4. The van der Waals surface area contributed by atoms with E-state index in [-0.39, 0.29) is 57.8 Å². The molecule has 0 aliphatic heterocycles. The fourth-order valence-electron chi connectivity index (χ4n) is 2.96. The van der Waals surface area contributed by atoms with Gasteiger partial charge in [-0.25, -0.2) is 28.4 Å². The molecule has 2 N–H and O–H groups in total. The van der Waals surface area contributed by atoms with E-state index in [1.807, 2.05) is 6.07 Å². The number of hydrogen-bond donors (Lipinski definition) is 2. The molecule has 12 heteroatoms. The molecule has 4 rings (SSSR count). The molecule has 0 radical (unpaired) electrons. The van der Waals surface area contributed by atoms with Crippen molar-refractivity contribution in [2.45, 2.75) is 13.5 Å². The van der Waals surface area contributed by atoms with Crippen LogP contribution in [0.15, 0.2) is 30.6 Å². The van der Waals surface area contributed by atoms with E-state index in [2.05, 4.69) is 25.4 Å². The van der Waals surface area contributed by atoms with Crippen molar-refractivity contribution in [3.8, 4) is 11.8 Å². The summed E-state index contributed by atoms with van der Waals surface area (Å²) in [5.74, 6) is -0.580. The fraction of sp³-hybridized carbons (Fsp3) is 0.105. The lowest BCUT2D eigenvalue weighted by molar-refractivity contribution is 0.271. The Labute approximate surface area is 185 Å². The van der Waals surface area contributed by atoms with Gasteiger partial charge in [0.1, 0.15) is 41.3 Å². The van der Waals surface area contributed by atoms with Crippen LogP contribution in [0.1, 0.15) is 17.1 Å². The molecular weight excluding hydrogens is 451 g/mol. The zero-order valence-corrected chi connectivity index (χ0v) is 17.3. The number of aliphatic hydroxyl groups excluding tert-OH is 1. The van der Waals surface area contributed by atoms with Gasteiger partial charge in [-0.05, 0) is 19.1 Å². The number of nitrogens with one attached hydrogen (secondary N) is 1. The predicted molar refractivity (Wildman–Crippen MR) is 112 cm³/mol. The van der Waals surface area contributed by atoms with Crippen LogP contribution >= 0.6 is 24.0 Å². The van der Waals surface area contributed by atoms with Crippen molar-refractivity contribution in [2.24, 2.45) is 0 Å². The standard InChI is InChI=1S/C19H12ClF2N7O.ClH/c1-9-2-15(26-16(8-30)25-9)27-19-12-7-29(28-17(12)14(22)6-24-19)18-10(5-23)3-11(21)4-13(18)20;/h2-4,6-7,30H,8H2,1H3,(H,24,25,26,27);1H. The molecule has 0 aliphatic carbocycles. The summed E-state index contributed by atoms with van der Waals surface area (Å²) in [5.41, 5.74) is 0.629. The molecule has 0 atom stereocenters. The van der Waals surface area contributed by atoms with E-state index in [0.717, 1.165) is 18.3 Å². The maximum Gasteiger partial charge on any atom is 0.169 e. The number of rotatable bonds is 4. The highest BCUT2D eigenvalue weighted by Gasteiger charge is 2.18. The quantitative estimate of drug-likeness (QED) is 0.470. The highest BCUT2D eigenvalue weighted by atomic mass is 35.5. The zero-order chi connectivity index (χ0) is 21.4. The van der Waals surface area contributed by atoms with Crippen molar-refractivity contribution in [1.29, 1.82) is 5.26 Å². The van der Waals surface area contributed by atoms with E-state index in [1.165, 1.54) is 10.9 Å². The summed E-state index contributed by atoms with van der Waals surface area (Å²) in [5, 5.41) is 26.0. The number of nitrogens with zero attached hydrogens (tertiary/aromatic N) is 6. The molecule has 8 nitrogen and oxygen atoms in total. The molecule has 0 amide bonds. The van der Waals surface area contributed by atoms with Gasteiger partial charge in [0.25, 0.3) is 0 Å². The summed E-state index contributed by atoms with van der Waals surface area (Å²) >= 11 is 6.12. The van der Waals surface area contributed by atoms with Crippen LogP contribution in [0.5, 0.6) is 0 Å². The number of aromatic nitrogens is 5. The predicted octanol–water partition coefficient (Wildman–Crippen LogP) is 3.98. The van der Waals surface area contributed by atoms with E-state index < -0.39 is 11.6 Å². The number of benzene rings is 1. The van der Waals surface area contributed by atoms with Crippen LogP contribution in [-0.4, -0.2) is 29.8 Å². The monoisotopic (exact) mass is 463 g/mol. The molecule has 0 aliphatic rings. The molecule has 0 bridgehead atoms. The highest BCUT2D eigenvalue weighted by Crippen LogP contribution is 2.30. The van der Waals surface area contributed by atoms with Gasteiger partial charge in [-0.2, -0.15) is 10.4 Å². The first-order valence-electron chi connectivity index (χ1n) is 8.55. The Bertz CT molecular complexity index is 1340. The van der Waals surface area contributed by atoms with E-state index >= 15 is 0 Å². The van der Waals surface area contributed by atoms with Crippen LogP contribution in [0.2, 0.25) is 5.02 Å². The SMILES string of the molecule is Cc1cc(Nc2ncc(F)c3nn(-c4c(Cl)cc(F)cc4C#N)cc23)nc(CO)n1.Cl. The van der Waals surface area contributed by atoms with Crippen LogP contribution in [0.4, 0.5) is 20.4 Å². The Kier molecular flexibility index (Phi) is 6.31. The smallest absolute Gasteiger partial charge is 0.169 e. The van der Waals surface area contributed by atoms with Gasteiger partial charge >= 0.3 is 0 Å². The summed E-state index contributed by atoms with van der Waals surface area (Å²) in [6.07, 6.45) is 2.41. The number of aryl methyl sites for hydroxylation is 1. The Morgan fingerprint density at radius 2 is 2.03 bits per heavy atom. The second-order valence-electron chi connectivity index (χ2n) is 6.28. The third kappa shape index (κ3) is 4.25. The first kappa shape index (κ1) is 22.3. The molecule has 0 unspecified atom stereocenters. The number of aliphatic hydroxyl groups is 1. The normalized spacial score (nSPS) is 10.6. The van der Waals surface area contributed by atoms with Crippen LogP contribution in [0.25, 0.3) is 16.6 Å². The molecule has 3 aromatic heterocycles. The minimum Gasteiger partial charge on any atom is -0.388 e. The number of pyridine rings is 1. The van der Waals surface area contributed by atoms with Crippen molar-refractivity contribution >= 4 is 46.5 Å². The van der Waals surface area contributed by atoms with Crippen molar-refractivity contribution in [2.75, 3.05) is 5.32 Å². The van der Waals surface area contributed by atoms with Gasteiger partial charge in [-0.1, -0.05) is 11.6 Å². The van der Waals surface area contributed by atoms with Gasteiger partial charge < -0.3 is 10.4 Å². The Morgan fingerprint density at radius 3 is 2.74 bits per heavy atom. The summed E-state index contributed by atoms with van der Waals surface area (Å²) in [4.78, 5) is 12.3. The molecule has 4 aromatic rings. The van der Waals surface area contributed by atoms with Crippen LogP contribution in [0, 0.1) is 29.9 Å². The van der Waals surface area contributed by atoms with Crippen molar-refractivity contribution in [3.05, 3.63) is 64.3 Å². The molecule has 3 heterocycles. The van der Waals surface area contributed by atoms with Gasteiger partial charge in [0.2, 0.25) is 0 Å². The molecule has 0 saturated carbocycles. The number of fused-ring (bicyclic) bond motifs is 1. The lowest BCUT2D eigenvalue weighted by Gasteiger charge is -2.08. The van der Waals surface area contributed by atoms with Gasteiger partial charge in [0.05, 0.1) is 22.2 Å². The van der Waals surface area contributed by atoms with Crippen molar-refractivity contribution in [1.82, 2.24) is 24.7 Å². The summed E-state index contributed by atoms with van der Waals surface area (Å²) in [6, 6.07) is 5.54.